The van der Waals surface area contributed by atoms with Crippen molar-refractivity contribution in [3.8, 4) is 0 Å². The zero-order valence-corrected chi connectivity index (χ0v) is 22.5. The number of epoxide rings is 1. The van der Waals surface area contributed by atoms with Crippen molar-refractivity contribution in [3.63, 3.8) is 0 Å². The van der Waals surface area contributed by atoms with Gasteiger partial charge in [0.05, 0.1) is 38.1 Å². The number of esters is 1. The Kier molecular flexibility index (Phi) is 7.18. The van der Waals surface area contributed by atoms with Gasteiger partial charge in [0.15, 0.2) is 0 Å². The first kappa shape index (κ1) is 28.2. The van der Waals surface area contributed by atoms with Crippen LogP contribution in [0, 0.1) is 10.8 Å². The quantitative estimate of drug-likeness (QED) is 0.122. The molecular formula is C29H38O10. The Labute approximate surface area is 227 Å². The zero-order valence-electron chi connectivity index (χ0n) is 22.5. The summed E-state index contributed by atoms with van der Waals surface area (Å²) in [7, 11) is 0. The number of allylic oxidation sites excluding steroid dienone is 3. The van der Waals surface area contributed by atoms with Gasteiger partial charge in [-0.25, -0.2) is 9.59 Å². The zero-order chi connectivity index (χ0) is 28.2. The van der Waals surface area contributed by atoms with Crippen molar-refractivity contribution in [2.75, 3.05) is 19.8 Å². The van der Waals surface area contributed by atoms with Gasteiger partial charge < -0.3 is 39.4 Å². The predicted octanol–water partition coefficient (Wildman–Crippen LogP) is 1.59. The van der Waals surface area contributed by atoms with Gasteiger partial charge in [0.25, 0.3) is 0 Å². The van der Waals surface area contributed by atoms with Crippen LogP contribution in [-0.2, 0) is 28.5 Å². The van der Waals surface area contributed by atoms with Gasteiger partial charge in [-0.1, -0.05) is 30.7 Å². The summed E-state index contributed by atoms with van der Waals surface area (Å²) < 4.78 is 24.2. The molecule has 10 heteroatoms. The molecule has 3 heterocycles. The number of aliphatic carboxylic acids is 1. The lowest BCUT2D eigenvalue weighted by Crippen LogP contribution is -2.66. The van der Waals surface area contributed by atoms with Crippen molar-refractivity contribution < 1.29 is 49.0 Å². The van der Waals surface area contributed by atoms with Crippen molar-refractivity contribution >= 4 is 11.9 Å². The van der Waals surface area contributed by atoms with Crippen molar-refractivity contribution in [3.05, 3.63) is 47.6 Å². The van der Waals surface area contributed by atoms with E-state index in [1.165, 1.54) is 36.8 Å². The van der Waals surface area contributed by atoms with E-state index < -0.39 is 52.3 Å². The lowest BCUT2D eigenvalue weighted by atomic mass is 9.51. The summed E-state index contributed by atoms with van der Waals surface area (Å²) in [6.07, 6.45) is 7.24. The molecule has 0 amide bonds. The Balaban J connectivity index is 1.33. The third kappa shape index (κ3) is 4.15. The number of ether oxygens (including phenoxy) is 4. The van der Waals surface area contributed by atoms with Gasteiger partial charge in [0.1, 0.15) is 23.4 Å². The molecule has 9 atom stereocenters. The molecule has 1 saturated carbocycles. The molecular weight excluding hydrogens is 508 g/mol. The molecule has 5 rings (SSSR count). The summed E-state index contributed by atoms with van der Waals surface area (Å²) in [5.74, 6) is -1.77. The monoisotopic (exact) mass is 546 g/mol. The number of carbonyl (C=O) groups is 2. The Morgan fingerprint density at radius 3 is 2.64 bits per heavy atom. The van der Waals surface area contributed by atoms with Gasteiger partial charge >= 0.3 is 11.9 Å². The highest BCUT2D eigenvalue weighted by Gasteiger charge is 2.82. The predicted molar refractivity (Wildman–Crippen MR) is 137 cm³/mol. The molecule has 1 spiro atoms. The van der Waals surface area contributed by atoms with Crippen molar-refractivity contribution in [1.82, 2.24) is 0 Å². The smallest absolute Gasteiger partial charge is 0.331 e. The first-order chi connectivity index (χ1) is 18.5. The highest BCUT2D eigenvalue weighted by atomic mass is 16.6. The molecule has 2 aliphatic carbocycles. The number of aliphatic hydroxyl groups excluding tert-OH is 3. The Morgan fingerprint density at radius 1 is 1.26 bits per heavy atom. The minimum Gasteiger partial charge on any atom is -0.478 e. The van der Waals surface area contributed by atoms with Crippen LogP contribution in [0.3, 0.4) is 0 Å². The summed E-state index contributed by atoms with van der Waals surface area (Å²) in [6.45, 7) is 6.07. The number of carboxylic acids is 1. The highest BCUT2D eigenvalue weighted by Crippen LogP contribution is 2.71. The lowest BCUT2D eigenvalue weighted by molar-refractivity contribution is -0.228. The fraction of sp³-hybridized carbons (Fsp3) is 0.655. The molecule has 10 nitrogen and oxygen atoms in total. The highest BCUT2D eigenvalue weighted by molar-refractivity contribution is 5.82. The Hall–Kier alpha value is -2.34. The second kappa shape index (κ2) is 9.94. The minimum atomic E-state index is -1.56. The van der Waals surface area contributed by atoms with Crippen LogP contribution in [0.15, 0.2) is 47.6 Å². The second-order valence-corrected chi connectivity index (χ2v) is 11.7. The number of aliphatic hydroxyl groups is 3. The van der Waals surface area contributed by atoms with Crippen molar-refractivity contribution in [2.24, 2.45) is 10.8 Å². The van der Waals surface area contributed by atoms with E-state index in [0.717, 1.165) is 12.5 Å². The van der Waals surface area contributed by atoms with E-state index in [-0.39, 0.29) is 37.4 Å². The third-order valence-corrected chi connectivity index (χ3v) is 9.94. The maximum atomic E-state index is 13.0. The molecule has 39 heavy (non-hydrogen) atoms. The maximum Gasteiger partial charge on any atom is 0.331 e. The largest absolute Gasteiger partial charge is 0.478 e. The van der Waals surface area contributed by atoms with E-state index in [9.17, 15) is 24.9 Å². The van der Waals surface area contributed by atoms with Gasteiger partial charge in [0, 0.05) is 29.4 Å². The van der Waals surface area contributed by atoms with Gasteiger partial charge in [-0.3, -0.25) is 0 Å². The fourth-order valence-electron chi connectivity index (χ4n) is 7.47. The van der Waals surface area contributed by atoms with Gasteiger partial charge in [-0.05, 0) is 44.8 Å². The van der Waals surface area contributed by atoms with E-state index >= 15 is 0 Å². The van der Waals surface area contributed by atoms with Crippen LogP contribution in [0.1, 0.15) is 46.5 Å². The summed E-state index contributed by atoms with van der Waals surface area (Å²) in [5, 5.41) is 41.0. The number of rotatable bonds is 7. The van der Waals surface area contributed by atoms with Gasteiger partial charge in [-0.15, -0.1) is 0 Å². The Morgan fingerprint density at radius 2 is 2.00 bits per heavy atom. The number of hydrogen-bond acceptors (Lipinski definition) is 9. The number of carbonyl (C=O) groups excluding carboxylic acids is 1. The Bertz CT molecular complexity index is 1130. The molecule has 4 fully saturated rings. The SMILES string of the molecule is CC1=C[C@H]2O[C@@H]3C[C@@H](OC(=O)/C=C\C=C\[C@]4([C@H](C)O)OCC/C(=C\C(=O)O)[C@@H]4O)[C@](C)([C@@]2(CO)CC1)[C@]31CO1. The third-order valence-electron chi connectivity index (χ3n) is 9.94. The lowest BCUT2D eigenvalue weighted by Gasteiger charge is -2.58. The maximum absolute atomic E-state index is 13.0. The van der Waals surface area contributed by atoms with Gasteiger partial charge in [-0.2, -0.15) is 0 Å². The summed E-state index contributed by atoms with van der Waals surface area (Å²) in [4.78, 5) is 24.1. The summed E-state index contributed by atoms with van der Waals surface area (Å²) >= 11 is 0. The first-order valence-corrected chi connectivity index (χ1v) is 13.5. The average molecular weight is 547 g/mol. The van der Waals surface area contributed by atoms with Crippen LogP contribution in [0.25, 0.3) is 0 Å². The molecule has 0 aromatic rings. The van der Waals surface area contributed by atoms with Crippen LogP contribution in [0.5, 0.6) is 0 Å². The van der Waals surface area contributed by atoms with Crippen molar-refractivity contribution in [1.29, 1.82) is 0 Å². The molecule has 3 aliphatic heterocycles. The van der Waals surface area contributed by atoms with Crippen LogP contribution in [-0.4, -0.2) is 93.9 Å². The van der Waals surface area contributed by atoms with E-state index in [1.54, 1.807) is 0 Å². The van der Waals surface area contributed by atoms with E-state index in [0.29, 0.717) is 19.4 Å². The molecule has 2 bridgehead atoms. The molecule has 214 valence electrons. The molecule has 0 aromatic carbocycles. The normalized spacial score (nSPS) is 45.0. The number of fused-ring (bicyclic) bond motifs is 2. The number of carboxylic acid groups (broad SMARTS) is 1. The molecule has 0 aromatic heterocycles. The van der Waals surface area contributed by atoms with Crippen LogP contribution >= 0.6 is 0 Å². The van der Waals surface area contributed by atoms with E-state index in [4.69, 9.17) is 24.1 Å². The van der Waals surface area contributed by atoms with Crippen LogP contribution in [0.4, 0.5) is 0 Å². The minimum absolute atomic E-state index is 0.107. The topological polar surface area (TPSA) is 155 Å². The van der Waals surface area contributed by atoms with Crippen LogP contribution in [0.2, 0.25) is 0 Å². The van der Waals surface area contributed by atoms with Crippen LogP contribution < -0.4 is 0 Å². The summed E-state index contributed by atoms with van der Waals surface area (Å²) in [5.41, 5.74) is -1.96. The van der Waals surface area contributed by atoms with Gasteiger partial charge in [0.2, 0.25) is 0 Å². The molecule has 4 N–H and O–H groups in total. The standard InChI is InChI=1S/C29H38O10/c1-17-7-10-27(15-30)21(12-17)38-22-14-20(26(27,3)29(22)16-37-29)39-24(34)6-4-5-9-28(18(2)31)25(35)19(8-11-36-28)13-23(32)33/h4-6,9,12-13,18,20-22,25,30-31,35H,7-8,10-11,14-16H2,1-3H3,(H,32,33)/b6-4-,9-5+,19-13+/t18-,20+,21+,22+,25-,26+,27+,28+,29-/m0/s1. The second-order valence-electron chi connectivity index (χ2n) is 11.7. The molecule has 3 saturated heterocycles. The molecule has 5 aliphatic rings. The first-order valence-electron chi connectivity index (χ1n) is 13.5. The van der Waals surface area contributed by atoms with E-state index in [1.807, 2.05) is 0 Å². The summed E-state index contributed by atoms with van der Waals surface area (Å²) in [6, 6.07) is 0. The van der Waals surface area contributed by atoms with E-state index in [2.05, 4.69) is 19.9 Å². The number of hydrogen-bond donors (Lipinski definition) is 4. The van der Waals surface area contributed by atoms with Crippen molar-refractivity contribution in [2.45, 2.75) is 88.2 Å². The molecule has 0 radical (unpaired) electrons. The fourth-order valence-corrected chi connectivity index (χ4v) is 7.47. The molecule has 0 unspecified atom stereocenters. The average Bonchev–Trinajstić information content (AvgIpc) is 3.66.